The highest BCUT2D eigenvalue weighted by atomic mass is 127. The molecule has 3 rings (SSSR count). The topological polar surface area (TPSA) is 35.5 Å². The molecule has 2 aliphatic rings. The van der Waals surface area contributed by atoms with Gasteiger partial charge in [0, 0.05) is 15.4 Å². The highest BCUT2D eigenvalue weighted by Gasteiger charge is 2.42. The van der Waals surface area contributed by atoms with Gasteiger partial charge in [-0.25, -0.2) is 4.79 Å². The van der Waals surface area contributed by atoms with E-state index in [2.05, 4.69) is 22.6 Å². The molecule has 0 radical (unpaired) electrons. The lowest BCUT2D eigenvalue weighted by Gasteiger charge is -2.36. The third-order valence-corrected chi connectivity index (χ3v) is 3.96. The van der Waals surface area contributed by atoms with Crippen LogP contribution in [0.5, 0.6) is 5.75 Å². The fraction of sp³-hybridized carbons (Fsp3) is 0.417. The minimum atomic E-state index is -0.402. The van der Waals surface area contributed by atoms with Crippen LogP contribution in [0.4, 0.5) is 0 Å². The molecular weight excluding hydrogens is 319 g/mol. The fourth-order valence-electron chi connectivity index (χ4n) is 2.36. The Balaban J connectivity index is 2.03. The maximum atomic E-state index is 11.7. The zero-order chi connectivity index (χ0) is 11.1. The van der Waals surface area contributed by atoms with Crippen molar-refractivity contribution in [3.63, 3.8) is 0 Å². The van der Waals surface area contributed by atoms with Gasteiger partial charge in [0.15, 0.2) is 6.10 Å². The average molecular weight is 330 g/mol. The predicted octanol–water partition coefficient (Wildman–Crippen LogP) is 2.28. The number of carbonyl (C=O) groups is 1. The number of hydrogen-bond donors (Lipinski definition) is 0. The van der Waals surface area contributed by atoms with Gasteiger partial charge >= 0.3 is 5.97 Å². The molecule has 2 heterocycles. The Morgan fingerprint density at radius 1 is 1.31 bits per heavy atom. The summed E-state index contributed by atoms with van der Waals surface area (Å²) in [4.78, 5) is 11.7. The number of rotatable bonds is 0. The van der Waals surface area contributed by atoms with Crippen LogP contribution in [0.3, 0.4) is 0 Å². The van der Waals surface area contributed by atoms with Crippen LogP contribution >= 0.6 is 22.6 Å². The van der Waals surface area contributed by atoms with E-state index in [9.17, 15) is 4.79 Å². The van der Waals surface area contributed by atoms with Gasteiger partial charge in [0.1, 0.15) is 5.75 Å². The molecule has 0 amide bonds. The van der Waals surface area contributed by atoms with E-state index in [1.54, 1.807) is 0 Å². The van der Waals surface area contributed by atoms with E-state index in [-0.39, 0.29) is 11.9 Å². The van der Waals surface area contributed by atoms with Crippen molar-refractivity contribution in [1.82, 2.24) is 0 Å². The molecule has 1 aromatic carbocycles. The summed E-state index contributed by atoms with van der Waals surface area (Å²) in [5.41, 5.74) is 1.11. The van der Waals surface area contributed by atoms with Gasteiger partial charge in [0.25, 0.3) is 0 Å². The first kappa shape index (κ1) is 10.5. The van der Waals surface area contributed by atoms with Gasteiger partial charge in [-0.05, 0) is 12.5 Å². The average Bonchev–Trinajstić information content (AvgIpc) is 2.29. The van der Waals surface area contributed by atoms with Crippen molar-refractivity contribution in [2.75, 3.05) is 6.61 Å². The van der Waals surface area contributed by atoms with Crippen molar-refractivity contribution in [3.8, 4) is 5.75 Å². The Bertz CT molecular complexity index is 432. The van der Waals surface area contributed by atoms with Gasteiger partial charge in [-0.2, -0.15) is 0 Å². The first-order valence-electron chi connectivity index (χ1n) is 5.32. The first-order valence-corrected chi connectivity index (χ1v) is 6.56. The third kappa shape index (κ3) is 1.64. The van der Waals surface area contributed by atoms with E-state index in [4.69, 9.17) is 9.47 Å². The van der Waals surface area contributed by atoms with Gasteiger partial charge in [0.2, 0.25) is 0 Å². The Labute approximate surface area is 107 Å². The van der Waals surface area contributed by atoms with Crippen LogP contribution in [0.15, 0.2) is 24.3 Å². The largest absolute Gasteiger partial charge is 0.424 e. The first-order chi connectivity index (χ1) is 7.75. The van der Waals surface area contributed by atoms with Gasteiger partial charge < -0.3 is 9.47 Å². The van der Waals surface area contributed by atoms with Crippen LogP contribution in [-0.4, -0.2) is 22.6 Å². The molecule has 0 aromatic heterocycles. The van der Waals surface area contributed by atoms with Crippen LogP contribution in [0.25, 0.3) is 0 Å². The summed E-state index contributed by atoms with van der Waals surface area (Å²) >= 11 is 2.37. The van der Waals surface area contributed by atoms with Crippen LogP contribution in [0.1, 0.15) is 17.9 Å². The Morgan fingerprint density at radius 3 is 3.00 bits per heavy atom. The summed E-state index contributed by atoms with van der Waals surface area (Å²) in [5, 5.41) is 0. The highest BCUT2D eigenvalue weighted by molar-refractivity contribution is 14.1. The predicted molar refractivity (Wildman–Crippen MR) is 67.0 cm³/mol. The summed E-state index contributed by atoms with van der Waals surface area (Å²) < 4.78 is 11.3. The summed E-state index contributed by atoms with van der Waals surface area (Å²) in [6, 6.07) is 7.74. The Hall–Kier alpha value is -0.620. The number of benzene rings is 1. The molecule has 16 heavy (non-hydrogen) atoms. The van der Waals surface area contributed by atoms with E-state index in [0.29, 0.717) is 16.3 Å². The molecule has 1 aromatic rings. The zero-order valence-electron chi connectivity index (χ0n) is 8.56. The molecule has 84 valence electrons. The number of hydrogen-bond acceptors (Lipinski definition) is 3. The molecule has 3 atom stereocenters. The summed E-state index contributed by atoms with van der Waals surface area (Å²) in [6.07, 6.45) is 0.582. The molecule has 2 aliphatic heterocycles. The quantitative estimate of drug-likeness (QED) is 0.317. The van der Waals surface area contributed by atoms with Gasteiger partial charge in [-0.1, -0.05) is 40.8 Å². The maximum Gasteiger partial charge on any atom is 0.341 e. The Kier molecular flexibility index (Phi) is 2.63. The van der Waals surface area contributed by atoms with Crippen molar-refractivity contribution in [3.05, 3.63) is 29.8 Å². The van der Waals surface area contributed by atoms with Crippen LogP contribution in [0.2, 0.25) is 0 Å². The second kappa shape index (κ2) is 4.00. The maximum absolute atomic E-state index is 11.7. The van der Waals surface area contributed by atoms with Crippen molar-refractivity contribution in [2.24, 2.45) is 0 Å². The zero-order valence-corrected chi connectivity index (χ0v) is 10.7. The van der Waals surface area contributed by atoms with E-state index >= 15 is 0 Å². The molecule has 1 fully saturated rings. The fourth-order valence-corrected chi connectivity index (χ4v) is 3.12. The summed E-state index contributed by atoms with van der Waals surface area (Å²) in [7, 11) is 0. The molecule has 0 spiro atoms. The minimum absolute atomic E-state index is 0.160. The molecule has 0 bridgehead atoms. The number of carbonyl (C=O) groups excluding carboxylic acids is 1. The van der Waals surface area contributed by atoms with Crippen LogP contribution in [0, 0.1) is 0 Å². The van der Waals surface area contributed by atoms with Crippen molar-refractivity contribution in [1.29, 1.82) is 0 Å². The molecule has 1 saturated heterocycles. The summed E-state index contributed by atoms with van der Waals surface area (Å²) in [6.45, 7) is 0.638. The highest BCUT2D eigenvalue weighted by Crippen LogP contribution is 2.41. The van der Waals surface area contributed by atoms with Gasteiger partial charge in [0.05, 0.1) is 6.61 Å². The number of esters is 1. The van der Waals surface area contributed by atoms with Crippen LogP contribution < -0.4 is 4.74 Å². The normalized spacial score (nSPS) is 32.6. The molecule has 0 N–H and O–H groups in total. The second-order valence-electron chi connectivity index (χ2n) is 4.15. The smallest absolute Gasteiger partial charge is 0.341 e. The lowest BCUT2D eigenvalue weighted by atomic mass is 9.85. The number of ether oxygens (including phenoxy) is 2. The van der Waals surface area contributed by atoms with Gasteiger partial charge in [-0.3, -0.25) is 0 Å². The van der Waals surface area contributed by atoms with Crippen LogP contribution in [-0.2, 0) is 9.53 Å². The number of fused-ring (bicyclic) bond motifs is 3. The standard InChI is InChI=1S/C12H11IO3/c13-7-5-9-8-3-1-2-4-10(8)16-12(14)11(9)15-6-7/h1-4,7,9,11H,5-6H2. The number of para-hydroxylation sites is 1. The molecule has 3 unspecified atom stereocenters. The Morgan fingerprint density at radius 2 is 2.12 bits per heavy atom. The number of alkyl halides is 1. The summed E-state index contributed by atoms with van der Waals surface area (Å²) in [5.74, 6) is 0.614. The van der Waals surface area contributed by atoms with E-state index < -0.39 is 6.10 Å². The SMILES string of the molecule is O=C1Oc2ccccc2C2CC(I)COC12. The third-order valence-electron chi connectivity index (χ3n) is 3.09. The molecule has 4 heteroatoms. The monoisotopic (exact) mass is 330 g/mol. The molecular formula is C12H11IO3. The minimum Gasteiger partial charge on any atom is -0.424 e. The van der Waals surface area contributed by atoms with E-state index in [1.165, 1.54) is 0 Å². The molecule has 3 nitrogen and oxygen atoms in total. The lowest BCUT2D eigenvalue weighted by molar-refractivity contribution is -0.153. The van der Waals surface area contributed by atoms with E-state index in [0.717, 1.165) is 12.0 Å². The second-order valence-corrected chi connectivity index (χ2v) is 5.91. The van der Waals surface area contributed by atoms with Crippen molar-refractivity contribution < 1.29 is 14.3 Å². The molecule has 0 aliphatic carbocycles. The van der Waals surface area contributed by atoms with Crippen molar-refractivity contribution in [2.45, 2.75) is 22.4 Å². The number of halogens is 1. The van der Waals surface area contributed by atoms with E-state index in [1.807, 2.05) is 24.3 Å². The van der Waals surface area contributed by atoms with Gasteiger partial charge in [-0.15, -0.1) is 0 Å². The lowest BCUT2D eigenvalue weighted by Crippen LogP contribution is -2.44. The molecule has 0 saturated carbocycles. The van der Waals surface area contributed by atoms with Crippen molar-refractivity contribution >= 4 is 28.6 Å².